The Kier molecular flexibility index (Phi) is 7.98. The van der Waals surface area contributed by atoms with Gasteiger partial charge in [0.25, 0.3) is 5.91 Å². The van der Waals surface area contributed by atoms with Crippen molar-refractivity contribution in [3.63, 3.8) is 0 Å². The lowest BCUT2D eigenvalue weighted by molar-refractivity contribution is -0.148. The topological polar surface area (TPSA) is 214 Å². The molecule has 0 saturated heterocycles. The zero-order valence-electron chi connectivity index (χ0n) is 25.3. The molecular weight excluding hydrogens is 584 g/mol. The molecule has 3 aliphatic carbocycles. The highest BCUT2D eigenvalue weighted by atomic mass is 16.4. The molecule has 5 rings (SSSR count). The highest BCUT2D eigenvalue weighted by molar-refractivity contribution is 6.25. The molecule has 0 aromatic heterocycles. The van der Waals surface area contributed by atoms with Gasteiger partial charge >= 0.3 is 5.97 Å². The van der Waals surface area contributed by atoms with Crippen LogP contribution in [0.4, 0.5) is 5.69 Å². The number of allylic oxidation sites excluding steroid dienone is 1. The number of fused-ring (bicyclic) bond motifs is 3. The number of likely N-dealkylation sites (N-methyl/N-ethyl adjacent to an activating group) is 1. The first-order valence-electron chi connectivity index (χ1n) is 14.3. The summed E-state index contributed by atoms with van der Waals surface area (Å²) in [5.74, 6) is -7.99. The number of Topliss-reactive ketones (excluding diaryl/α,β-unsaturated/α-hetero) is 2. The number of carbonyl (C=O) groups excluding carboxylic acids is 3. The van der Waals surface area contributed by atoms with Crippen LogP contribution >= 0.6 is 0 Å². The highest BCUT2D eigenvalue weighted by Gasteiger charge is 2.63. The van der Waals surface area contributed by atoms with Crippen molar-refractivity contribution in [2.24, 2.45) is 17.6 Å². The van der Waals surface area contributed by atoms with Crippen molar-refractivity contribution in [2.75, 3.05) is 33.1 Å². The molecule has 8 N–H and O–H groups in total. The Bertz CT molecular complexity index is 1690. The van der Waals surface area contributed by atoms with Crippen molar-refractivity contribution in [2.45, 2.75) is 37.6 Å². The number of nitrogens with one attached hydrogen (secondary N) is 1. The van der Waals surface area contributed by atoms with Gasteiger partial charge in [-0.05, 0) is 62.2 Å². The zero-order chi connectivity index (χ0) is 33.1. The molecule has 3 aliphatic rings. The number of aromatic carboxylic acids is 1. The first kappa shape index (κ1) is 31.7. The summed E-state index contributed by atoms with van der Waals surface area (Å²) in [6, 6.07) is 7.00. The van der Waals surface area contributed by atoms with Crippen LogP contribution in [-0.2, 0) is 29.1 Å². The summed E-state index contributed by atoms with van der Waals surface area (Å²) in [6.07, 6.45) is 0.183. The van der Waals surface area contributed by atoms with E-state index in [0.717, 1.165) is 5.56 Å². The second-order valence-corrected chi connectivity index (χ2v) is 12.2. The number of benzene rings is 2. The molecule has 238 valence electrons. The molecule has 0 heterocycles. The van der Waals surface area contributed by atoms with Crippen molar-refractivity contribution in [1.29, 1.82) is 0 Å². The van der Waals surface area contributed by atoms with Crippen molar-refractivity contribution >= 4 is 29.1 Å². The van der Waals surface area contributed by atoms with E-state index in [4.69, 9.17) is 10.8 Å². The number of carbonyl (C=O) groups is 4. The van der Waals surface area contributed by atoms with Gasteiger partial charge in [0, 0.05) is 49.9 Å². The number of anilines is 1. The number of amides is 1. The quantitative estimate of drug-likeness (QED) is 0.207. The van der Waals surface area contributed by atoms with Crippen LogP contribution in [0.15, 0.2) is 53.0 Å². The number of carboxylic acids is 1. The number of rotatable bonds is 8. The molecule has 13 heteroatoms. The summed E-state index contributed by atoms with van der Waals surface area (Å²) in [6.45, 7) is 0.464. The summed E-state index contributed by atoms with van der Waals surface area (Å²) in [5.41, 5.74) is 4.06. The molecule has 2 unspecified atom stereocenters. The fourth-order valence-corrected chi connectivity index (χ4v) is 6.99. The maximum absolute atomic E-state index is 14.2. The van der Waals surface area contributed by atoms with Gasteiger partial charge in [0.1, 0.15) is 22.8 Å². The van der Waals surface area contributed by atoms with Gasteiger partial charge in [-0.25, -0.2) is 4.79 Å². The fourth-order valence-electron chi connectivity index (χ4n) is 6.99. The van der Waals surface area contributed by atoms with Crippen LogP contribution in [0, 0.1) is 11.8 Å². The molecule has 0 bridgehead atoms. The monoisotopic (exact) mass is 620 g/mol. The van der Waals surface area contributed by atoms with E-state index >= 15 is 0 Å². The molecule has 2 aromatic carbocycles. The van der Waals surface area contributed by atoms with Gasteiger partial charge < -0.3 is 41.5 Å². The first-order valence-corrected chi connectivity index (χ1v) is 14.3. The number of aliphatic hydroxyl groups is 3. The number of hydrogen-bond donors (Lipinski definition) is 7. The van der Waals surface area contributed by atoms with Crippen molar-refractivity contribution in [3.05, 3.63) is 80.8 Å². The average Bonchev–Trinajstić information content (AvgIpc) is 2.95. The van der Waals surface area contributed by atoms with Gasteiger partial charge in [-0.15, -0.1) is 0 Å². The number of aliphatic hydroxyl groups excluding tert-OH is 2. The normalized spacial score (nSPS) is 24.4. The predicted octanol–water partition coefficient (Wildman–Crippen LogP) is 1.17. The van der Waals surface area contributed by atoms with E-state index in [1.807, 2.05) is 0 Å². The number of hydrogen-bond acceptors (Lipinski definition) is 11. The van der Waals surface area contributed by atoms with E-state index in [9.17, 15) is 39.6 Å². The Morgan fingerprint density at radius 2 is 1.69 bits per heavy atom. The van der Waals surface area contributed by atoms with Crippen LogP contribution in [0.25, 0.3) is 0 Å². The standard InChI is InChI=1S/C32H36N4O9/c1-35(2)20-11-17(13-34-12-14-5-7-15(8-6-14)31(43)44)25(37)22-18(20)9-16-10-19-24(36(3)4)27(39)23(30(33)42)29(41)32(19,45)28(40)21(16)26(22)38/h5-8,11,16,19,24,34,37,39-40,45H,9-10,12-13H2,1-4H3,(H2,33,42)(H,43,44)/t16?,19?,24-,32+/m1/s1. The fraction of sp³-hybridized carbons (Fsp3) is 0.375. The number of nitrogens with two attached hydrogens (primary N) is 1. The van der Waals surface area contributed by atoms with Gasteiger partial charge in [0.2, 0.25) is 5.78 Å². The Labute approximate surface area is 258 Å². The Morgan fingerprint density at radius 1 is 1.04 bits per heavy atom. The van der Waals surface area contributed by atoms with E-state index in [2.05, 4.69) is 5.32 Å². The molecule has 1 amide bonds. The molecule has 0 saturated carbocycles. The van der Waals surface area contributed by atoms with E-state index in [1.54, 1.807) is 51.3 Å². The molecule has 0 radical (unpaired) electrons. The minimum Gasteiger partial charge on any atom is -0.510 e. The summed E-state index contributed by atoms with van der Waals surface area (Å²) in [4.78, 5) is 54.3. The molecule has 4 atom stereocenters. The number of ketones is 2. The summed E-state index contributed by atoms with van der Waals surface area (Å²) in [7, 11) is 6.74. The van der Waals surface area contributed by atoms with E-state index in [0.29, 0.717) is 23.4 Å². The summed E-state index contributed by atoms with van der Waals surface area (Å²) in [5, 5.41) is 58.0. The van der Waals surface area contributed by atoms with Gasteiger partial charge in [-0.2, -0.15) is 0 Å². The first-order chi connectivity index (χ1) is 21.1. The molecular formula is C32H36N4O9. The van der Waals surface area contributed by atoms with E-state index < -0.39 is 64.0 Å². The minimum atomic E-state index is -2.71. The molecule has 2 aromatic rings. The van der Waals surface area contributed by atoms with E-state index in [1.165, 1.54) is 17.0 Å². The number of nitrogens with zero attached hydrogens (tertiary/aromatic N) is 2. The minimum absolute atomic E-state index is 0.00334. The lowest BCUT2D eigenvalue weighted by Crippen LogP contribution is -2.63. The van der Waals surface area contributed by atoms with Gasteiger partial charge in [0.05, 0.1) is 17.2 Å². The highest BCUT2D eigenvalue weighted by Crippen LogP contribution is 2.53. The molecule has 45 heavy (non-hydrogen) atoms. The molecule has 0 fully saturated rings. The number of phenolic OH excluding ortho intramolecular Hbond substituents is 1. The van der Waals surface area contributed by atoms with Gasteiger partial charge in [0.15, 0.2) is 11.4 Å². The van der Waals surface area contributed by atoms with Crippen molar-refractivity contribution in [1.82, 2.24) is 10.2 Å². The summed E-state index contributed by atoms with van der Waals surface area (Å²) < 4.78 is 0. The smallest absolute Gasteiger partial charge is 0.335 e. The van der Waals surface area contributed by atoms with Crippen LogP contribution in [0.3, 0.4) is 0 Å². The predicted molar refractivity (Wildman–Crippen MR) is 162 cm³/mol. The number of aromatic hydroxyl groups is 1. The summed E-state index contributed by atoms with van der Waals surface area (Å²) >= 11 is 0. The second kappa shape index (κ2) is 11.3. The second-order valence-electron chi connectivity index (χ2n) is 12.2. The third-order valence-electron chi connectivity index (χ3n) is 9.11. The van der Waals surface area contributed by atoms with Crippen molar-refractivity contribution in [3.8, 4) is 5.75 Å². The maximum Gasteiger partial charge on any atom is 0.335 e. The average molecular weight is 621 g/mol. The van der Waals surface area contributed by atoms with Crippen LogP contribution in [0.5, 0.6) is 5.75 Å². The van der Waals surface area contributed by atoms with Gasteiger partial charge in [-0.1, -0.05) is 12.1 Å². The SMILES string of the molecule is CN(C)c1cc(CNCc2ccc(C(=O)O)cc2)c(O)c2c1CC1CC3[C@@H](N(C)C)C(O)=C(C(N)=O)C(=O)[C@@]3(O)C(O)=C1C2=O. The molecule has 0 spiro atoms. The number of primary amides is 1. The zero-order valence-corrected chi connectivity index (χ0v) is 25.3. The lowest BCUT2D eigenvalue weighted by atomic mass is 9.58. The van der Waals surface area contributed by atoms with Gasteiger partial charge in [-0.3, -0.25) is 19.3 Å². The maximum atomic E-state index is 14.2. The van der Waals surface area contributed by atoms with Crippen LogP contribution in [0.2, 0.25) is 0 Å². The Balaban J connectivity index is 1.56. The van der Waals surface area contributed by atoms with Crippen molar-refractivity contribution < 1.29 is 44.7 Å². The van der Waals surface area contributed by atoms with Crippen LogP contribution in [-0.4, -0.2) is 93.7 Å². The number of carboxylic acid groups (broad SMARTS) is 1. The molecule has 0 aliphatic heterocycles. The third kappa shape index (κ3) is 4.93. The Morgan fingerprint density at radius 3 is 2.24 bits per heavy atom. The largest absolute Gasteiger partial charge is 0.510 e. The van der Waals surface area contributed by atoms with Crippen LogP contribution in [0.1, 0.15) is 43.8 Å². The third-order valence-corrected chi connectivity index (χ3v) is 9.11. The lowest BCUT2D eigenvalue weighted by Gasteiger charge is -2.50. The molecule has 13 nitrogen and oxygen atoms in total. The van der Waals surface area contributed by atoms with Crippen LogP contribution < -0.4 is 16.0 Å². The Hall–Kier alpha value is -4.72. The van der Waals surface area contributed by atoms with E-state index in [-0.39, 0.29) is 41.8 Å². The number of phenols is 1.